The summed E-state index contributed by atoms with van der Waals surface area (Å²) in [4.78, 5) is 9.14. The molecule has 0 saturated heterocycles. The number of hydrogen-bond donors (Lipinski definition) is 2. The summed E-state index contributed by atoms with van der Waals surface area (Å²) >= 11 is 1.53. The molecular weight excluding hydrogens is 322 g/mol. The van der Waals surface area contributed by atoms with Gasteiger partial charge in [0.1, 0.15) is 11.5 Å². The maximum atomic E-state index is 9.59. The molecule has 2 N–H and O–H groups in total. The Kier molecular flexibility index (Phi) is 6.52. The number of aliphatic imine (C=N–C) groups is 1. The van der Waals surface area contributed by atoms with E-state index in [4.69, 9.17) is 4.74 Å². The fourth-order valence-corrected chi connectivity index (χ4v) is 2.93. The molecule has 6 heteroatoms. The Labute approximate surface area is 146 Å². The van der Waals surface area contributed by atoms with Crippen molar-refractivity contribution in [2.24, 2.45) is 4.99 Å². The van der Waals surface area contributed by atoms with Crippen LogP contribution in [0.2, 0.25) is 0 Å². The lowest BCUT2D eigenvalue weighted by atomic mass is 10.1. The zero-order valence-corrected chi connectivity index (χ0v) is 15.1. The molecule has 0 aliphatic carbocycles. The van der Waals surface area contributed by atoms with E-state index < -0.39 is 0 Å². The molecule has 2 rings (SSSR count). The van der Waals surface area contributed by atoms with Crippen LogP contribution in [0.25, 0.3) is 0 Å². The highest BCUT2D eigenvalue weighted by Gasteiger charge is 2.10. The molecule has 0 radical (unpaired) electrons. The number of thiazole rings is 1. The SMILES string of the molecule is C=C1/C=C(OC)\C=C/C/C(CO)=C\C(c2csc(NC(C)C)n2)=N1. The second-order valence-electron chi connectivity index (χ2n) is 5.64. The van der Waals surface area contributed by atoms with Gasteiger partial charge in [-0.2, -0.15) is 0 Å². The Bertz CT molecular complexity index is 712. The number of ether oxygens (including phenoxy) is 1. The van der Waals surface area contributed by atoms with Gasteiger partial charge in [-0.15, -0.1) is 11.3 Å². The molecule has 1 aromatic rings. The van der Waals surface area contributed by atoms with Crippen LogP contribution in [0, 0.1) is 0 Å². The van der Waals surface area contributed by atoms with Crippen LogP contribution >= 0.6 is 11.3 Å². The molecule has 0 atom stereocenters. The molecule has 0 unspecified atom stereocenters. The van der Waals surface area contributed by atoms with Gasteiger partial charge in [-0.25, -0.2) is 9.98 Å². The molecule has 0 aromatic carbocycles. The monoisotopic (exact) mass is 345 g/mol. The molecule has 0 bridgehead atoms. The first-order valence-corrected chi connectivity index (χ1v) is 8.62. The summed E-state index contributed by atoms with van der Waals surface area (Å²) < 4.78 is 5.29. The molecule has 24 heavy (non-hydrogen) atoms. The summed E-state index contributed by atoms with van der Waals surface area (Å²) in [6.07, 6.45) is 8.05. The Morgan fingerprint density at radius 2 is 2.21 bits per heavy atom. The van der Waals surface area contributed by atoms with Gasteiger partial charge < -0.3 is 15.2 Å². The minimum atomic E-state index is -0.0386. The molecule has 0 spiro atoms. The normalized spacial score (nSPS) is 21.4. The molecule has 2 heterocycles. The van der Waals surface area contributed by atoms with Crippen LogP contribution < -0.4 is 5.32 Å². The standard InChI is InChI=1S/C18H23N3O2S/c1-12(2)19-18-21-17(11-24-18)16-9-14(10-22)6-5-7-15(23-4)8-13(3)20-16/h5,7-9,11-12,22H,3,6,10H2,1-2,4H3,(H,19,21)/b7-5-,14-9+,15-8+,20-16?. The van der Waals surface area contributed by atoms with Crippen LogP contribution in [-0.2, 0) is 4.74 Å². The molecule has 0 fully saturated rings. The van der Waals surface area contributed by atoms with Crippen molar-refractivity contribution in [3.63, 3.8) is 0 Å². The summed E-state index contributed by atoms with van der Waals surface area (Å²) in [5.74, 6) is 0.669. The number of nitrogens with one attached hydrogen (secondary N) is 1. The molecule has 128 valence electrons. The number of methoxy groups -OCH3 is 1. The van der Waals surface area contributed by atoms with Crippen molar-refractivity contribution in [1.82, 2.24) is 4.98 Å². The van der Waals surface area contributed by atoms with Crippen molar-refractivity contribution in [3.8, 4) is 0 Å². The van der Waals surface area contributed by atoms with Crippen LogP contribution in [-0.4, -0.2) is 35.6 Å². The number of aromatic nitrogens is 1. The van der Waals surface area contributed by atoms with Gasteiger partial charge in [-0.3, -0.25) is 0 Å². The third-order valence-electron chi connectivity index (χ3n) is 3.19. The highest BCUT2D eigenvalue weighted by atomic mass is 32.1. The third kappa shape index (κ3) is 5.18. The largest absolute Gasteiger partial charge is 0.497 e. The second-order valence-corrected chi connectivity index (χ2v) is 6.50. The maximum Gasteiger partial charge on any atom is 0.183 e. The first-order chi connectivity index (χ1) is 11.5. The first-order valence-electron chi connectivity index (χ1n) is 7.74. The van der Waals surface area contributed by atoms with Gasteiger partial charge in [0.15, 0.2) is 5.13 Å². The van der Waals surface area contributed by atoms with E-state index in [1.165, 1.54) is 11.3 Å². The van der Waals surface area contributed by atoms with Crippen LogP contribution in [0.15, 0.2) is 58.3 Å². The van der Waals surface area contributed by atoms with Crippen molar-refractivity contribution in [2.75, 3.05) is 19.0 Å². The molecule has 1 aliphatic heterocycles. The van der Waals surface area contributed by atoms with E-state index >= 15 is 0 Å². The Morgan fingerprint density at radius 1 is 1.42 bits per heavy atom. The van der Waals surface area contributed by atoms with Crippen LogP contribution in [0.3, 0.4) is 0 Å². The minimum absolute atomic E-state index is 0.0386. The Morgan fingerprint density at radius 3 is 2.88 bits per heavy atom. The van der Waals surface area contributed by atoms with Gasteiger partial charge >= 0.3 is 0 Å². The fraction of sp³-hybridized carbons (Fsp3) is 0.333. The van der Waals surface area contributed by atoms with Gasteiger partial charge in [0.25, 0.3) is 0 Å². The van der Waals surface area contributed by atoms with Crippen LogP contribution in [0.4, 0.5) is 5.13 Å². The topological polar surface area (TPSA) is 66.7 Å². The van der Waals surface area contributed by atoms with Crippen molar-refractivity contribution in [3.05, 3.63) is 59.0 Å². The van der Waals surface area contributed by atoms with Gasteiger partial charge in [0.05, 0.1) is 25.1 Å². The first kappa shape index (κ1) is 18.2. The fourth-order valence-electron chi connectivity index (χ4n) is 2.08. The number of nitrogens with zero attached hydrogens (tertiary/aromatic N) is 2. The smallest absolute Gasteiger partial charge is 0.183 e. The van der Waals surface area contributed by atoms with Crippen molar-refractivity contribution in [2.45, 2.75) is 26.3 Å². The van der Waals surface area contributed by atoms with E-state index in [1.54, 1.807) is 13.2 Å². The summed E-state index contributed by atoms with van der Waals surface area (Å²) in [5.41, 5.74) is 2.85. The zero-order valence-electron chi connectivity index (χ0n) is 14.2. The minimum Gasteiger partial charge on any atom is -0.497 e. The van der Waals surface area contributed by atoms with Crippen molar-refractivity contribution >= 4 is 22.2 Å². The number of allylic oxidation sites excluding steroid dienone is 4. The van der Waals surface area contributed by atoms with E-state index in [0.29, 0.717) is 29.6 Å². The lowest BCUT2D eigenvalue weighted by Gasteiger charge is -2.07. The number of hydrogen-bond acceptors (Lipinski definition) is 6. The number of rotatable bonds is 5. The third-order valence-corrected chi connectivity index (χ3v) is 3.97. The van der Waals surface area contributed by atoms with E-state index in [1.807, 2.05) is 23.6 Å². The molecule has 1 aliphatic rings. The highest BCUT2D eigenvalue weighted by molar-refractivity contribution is 7.13. The Balaban J connectivity index is 2.41. The molecule has 5 nitrogen and oxygen atoms in total. The van der Waals surface area contributed by atoms with Gasteiger partial charge in [-0.05, 0) is 38.0 Å². The highest BCUT2D eigenvalue weighted by Crippen LogP contribution is 2.20. The molecule has 1 aromatic heterocycles. The number of aliphatic hydroxyl groups excluding tert-OH is 1. The van der Waals surface area contributed by atoms with Crippen molar-refractivity contribution < 1.29 is 9.84 Å². The quantitative estimate of drug-likeness (QED) is 0.854. The second kappa shape index (κ2) is 8.61. The van der Waals surface area contributed by atoms with Gasteiger partial charge in [0.2, 0.25) is 0 Å². The molecule has 0 saturated carbocycles. The van der Waals surface area contributed by atoms with E-state index in [2.05, 4.69) is 35.7 Å². The average molecular weight is 345 g/mol. The van der Waals surface area contributed by atoms with E-state index in [9.17, 15) is 5.11 Å². The van der Waals surface area contributed by atoms with Gasteiger partial charge in [-0.1, -0.05) is 12.7 Å². The van der Waals surface area contributed by atoms with Crippen molar-refractivity contribution in [1.29, 1.82) is 0 Å². The molecular formula is C18H23N3O2S. The molecule has 0 amide bonds. The summed E-state index contributed by atoms with van der Waals surface area (Å²) in [7, 11) is 1.60. The summed E-state index contributed by atoms with van der Waals surface area (Å²) in [6.45, 7) is 8.05. The van der Waals surface area contributed by atoms with Crippen LogP contribution in [0.5, 0.6) is 0 Å². The summed E-state index contributed by atoms with van der Waals surface area (Å²) in [6, 6.07) is 0.311. The van der Waals surface area contributed by atoms with Crippen LogP contribution in [0.1, 0.15) is 26.0 Å². The Hall–Kier alpha value is -2.18. The maximum absolute atomic E-state index is 9.59. The zero-order chi connectivity index (χ0) is 17.5. The average Bonchev–Trinajstić information content (AvgIpc) is 2.99. The van der Waals surface area contributed by atoms with E-state index in [-0.39, 0.29) is 6.61 Å². The predicted molar refractivity (Wildman–Crippen MR) is 101 cm³/mol. The van der Waals surface area contributed by atoms with Gasteiger partial charge in [0, 0.05) is 17.5 Å². The summed E-state index contributed by atoms with van der Waals surface area (Å²) in [5, 5.41) is 15.7. The van der Waals surface area contributed by atoms with E-state index in [0.717, 1.165) is 16.4 Å². The predicted octanol–water partition coefficient (Wildman–Crippen LogP) is 3.68. The number of aliphatic hydroxyl groups is 1. The lowest BCUT2D eigenvalue weighted by Crippen LogP contribution is -2.10. The number of anilines is 1. The lowest BCUT2D eigenvalue weighted by molar-refractivity contribution is 0.306.